The first-order valence-electron chi connectivity index (χ1n) is 7.56. The van der Waals surface area contributed by atoms with Crippen LogP contribution in [0, 0.1) is 6.92 Å². The van der Waals surface area contributed by atoms with Crippen molar-refractivity contribution in [2.75, 3.05) is 6.54 Å². The topological polar surface area (TPSA) is 24.9 Å². The molecule has 0 amide bonds. The van der Waals surface area contributed by atoms with Gasteiger partial charge < -0.3 is 5.32 Å². The van der Waals surface area contributed by atoms with E-state index in [1.165, 1.54) is 16.7 Å². The Kier molecular flexibility index (Phi) is 6.21. The average Bonchev–Trinajstić information content (AvgIpc) is 2.48. The van der Waals surface area contributed by atoms with E-state index in [1.807, 2.05) is 24.5 Å². The number of nitrogens with one attached hydrogen (secondary N) is 1. The van der Waals surface area contributed by atoms with Gasteiger partial charge in [0, 0.05) is 23.5 Å². The summed E-state index contributed by atoms with van der Waals surface area (Å²) in [5.41, 5.74) is 3.67. The molecule has 2 nitrogen and oxygen atoms in total. The molecule has 0 fully saturated rings. The Morgan fingerprint density at radius 2 is 2.10 bits per heavy atom. The number of rotatable bonds is 7. The minimum absolute atomic E-state index is 0.384. The van der Waals surface area contributed by atoms with Crippen LogP contribution in [-0.2, 0) is 12.8 Å². The number of halogens is 1. The van der Waals surface area contributed by atoms with Crippen LogP contribution in [0.5, 0.6) is 0 Å². The van der Waals surface area contributed by atoms with Gasteiger partial charge >= 0.3 is 0 Å². The second-order valence-corrected chi connectivity index (χ2v) is 5.92. The molecular formula is C18H23ClN2. The van der Waals surface area contributed by atoms with Crippen LogP contribution in [0.15, 0.2) is 42.7 Å². The van der Waals surface area contributed by atoms with Crippen LogP contribution in [-0.4, -0.2) is 17.6 Å². The maximum Gasteiger partial charge on any atom is 0.0441 e. The Hall–Kier alpha value is -1.38. The predicted molar refractivity (Wildman–Crippen MR) is 89.9 cm³/mol. The summed E-state index contributed by atoms with van der Waals surface area (Å²) in [6.07, 6.45) is 6.80. The van der Waals surface area contributed by atoms with Gasteiger partial charge in [-0.2, -0.15) is 0 Å². The zero-order valence-corrected chi connectivity index (χ0v) is 13.5. The van der Waals surface area contributed by atoms with Gasteiger partial charge in [-0.05, 0) is 61.6 Å². The molecule has 1 aromatic carbocycles. The van der Waals surface area contributed by atoms with Gasteiger partial charge in [0.15, 0.2) is 0 Å². The van der Waals surface area contributed by atoms with Crippen LogP contribution < -0.4 is 5.32 Å². The highest BCUT2D eigenvalue weighted by Gasteiger charge is 2.12. The summed E-state index contributed by atoms with van der Waals surface area (Å²) in [4.78, 5) is 4.20. The van der Waals surface area contributed by atoms with Crippen LogP contribution in [0.1, 0.15) is 30.0 Å². The van der Waals surface area contributed by atoms with Gasteiger partial charge in [-0.3, -0.25) is 4.98 Å². The van der Waals surface area contributed by atoms with E-state index in [0.29, 0.717) is 6.04 Å². The minimum Gasteiger partial charge on any atom is -0.313 e. The van der Waals surface area contributed by atoms with E-state index in [-0.39, 0.29) is 0 Å². The molecule has 1 atom stereocenters. The van der Waals surface area contributed by atoms with Gasteiger partial charge in [-0.25, -0.2) is 0 Å². The highest BCUT2D eigenvalue weighted by Crippen LogP contribution is 2.20. The Morgan fingerprint density at radius 3 is 2.76 bits per heavy atom. The second kappa shape index (κ2) is 8.16. The maximum atomic E-state index is 6.37. The van der Waals surface area contributed by atoms with Crippen LogP contribution in [0.25, 0.3) is 0 Å². The fourth-order valence-electron chi connectivity index (χ4n) is 2.45. The van der Waals surface area contributed by atoms with E-state index in [2.05, 4.69) is 42.3 Å². The Morgan fingerprint density at radius 1 is 1.24 bits per heavy atom. The summed E-state index contributed by atoms with van der Waals surface area (Å²) in [5.74, 6) is 0. The lowest BCUT2D eigenvalue weighted by Crippen LogP contribution is -2.34. The molecule has 0 bridgehead atoms. The smallest absolute Gasteiger partial charge is 0.0441 e. The van der Waals surface area contributed by atoms with Gasteiger partial charge in [0.25, 0.3) is 0 Å². The fourth-order valence-corrected chi connectivity index (χ4v) is 2.76. The third kappa shape index (κ3) is 5.14. The number of nitrogens with zero attached hydrogens (tertiary/aromatic N) is 1. The third-order valence-electron chi connectivity index (χ3n) is 3.56. The first-order chi connectivity index (χ1) is 10.2. The highest BCUT2D eigenvalue weighted by molar-refractivity contribution is 6.31. The first kappa shape index (κ1) is 16.0. The average molecular weight is 303 g/mol. The van der Waals surface area contributed by atoms with Crippen LogP contribution in [0.3, 0.4) is 0 Å². The molecule has 21 heavy (non-hydrogen) atoms. The number of aromatic nitrogens is 1. The Bertz CT molecular complexity index is 554. The van der Waals surface area contributed by atoms with Crippen molar-refractivity contribution in [3.05, 3.63) is 64.4 Å². The zero-order valence-electron chi connectivity index (χ0n) is 12.8. The molecule has 0 spiro atoms. The van der Waals surface area contributed by atoms with Crippen molar-refractivity contribution in [3.8, 4) is 0 Å². The number of hydrogen-bond donors (Lipinski definition) is 1. The van der Waals surface area contributed by atoms with Crippen LogP contribution in [0.2, 0.25) is 5.02 Å². The molecule has 0 aliphatic carbocycles. The Labute approximate surface area is 132 Å². The number of benzene rings is 1. The van der Waals surface area contributed by atoms with Gasteiger partial charge in [0.1, 0.15) is 0 Å². The fraction of sp³-hybridized carbons (Fsp3) is 0.389. The van der Waals surface area contributed by atoms with Crippen molar-refractivity contribution >= 4 is 11.6 Å². The van der Waals surface area contributed by atoms with Crippen molar-refractivity contribution in [1.82, 2.24) is 10.3 Å². The molecular weight excluding hydrogens is 280 g/mol. The second-order valence-electron chi connectivity index (χ2n) is 5.52. The van der Waals surface area contributed by atoms with Crippen LogP contribution >= 0.6 is 11.6 Å². The van der Waals surface area contributed by atoms with E-state index in [9.17, 15) is 0 Å². The molecule has 112 valence electrons. The quantitative estimate of drug-likeness (QED) is 0.829. The summed E-state index contributed by atoms with van der Waals surface area (Å²) in [6.45, 7) is 5.28. The number of aryl methyl sites for hydroxylation is 1. The van der Waals surface area contributed by atoms with E-state index < -0.39 is 0 Å². The largest absolute Gasteiger partial charge is 0.313 e. The molecule has 1 heterocycles. The highest BCUT2D eigenvalue weighted by atomic mass is 35.5. The summed E-state index contributed by atoms with van der Waals surface area (Å²) in [6, 6.07) is 10.8. The van der Waals surface area contributed by atoms with E-state index in [4.69, 9.17) is 11.6 Å². The van der Waals surface area contributed by atoms with Gasteiger partial charge in [0.2, 0.25) is 0 Å². The minimum atomic E-state index is 0.384. The molecule has 2 rings (SSSR count). The number of pyridine rings is 1. The molecule has 1 N–H and O–H groups in total. The monoisotopic (exact) mass is 302 g/mol. The molecule has 0 saturated carbocycles. The third-order valence-corrected chi connectivity index (χ3v) is 3.91. The molecule has 3 heteroatoms. The zero-order chi connectivity index (χ0) is 15.1. The van der Waals surface area contributed by atoms with Gasteiger partial charge in [-0.15, -0.1) is 0 Å². The molecule has 2 aromatic rings. The summed E-state index contributed by atoms with van der Waals surface area (Å²) in [5, 5.41) is 4.49. The summed E-state index contributed by atoms with van der Waals surface area (Å²) >= 11 is 6.37. The van der Waals surface area contributed by atoms with Crippen molar-refractivity contribution in [1.29, 1.82) is 0 Å². The van der Waals surface area contributed by atoms with Crippen LogP contribution in [0.4, 0.5) is 0 Å². The molecule has 0 aliphatic rings. The van der Waals surface area contributed by atoms with Crippen molar-refractivity contribution in [2.45, 2.75) is 39.2 Å². The number of hydrogen-bond acceptors (Lipinski definition) is 2. The van der Waals surface area contributed by atoms with E-state index >= 15 is 0 Å². The predicted octanol–water partition coefficient (Wildman–Crippen LogP) is 4.20. The summed E-state index contributed by atoms with van der Waals surface area (Å²) in [7, 11) is 0. The molecule has 0 aliphatic heterocycles. The maximum absolute atomic E-state index is 6.37. The van der Waals surface area contributed by atoms with Gasteiger partial charge in [-0.1, -0.05) is 36.7 Å². The van der Waals surface area contributed by atoms with E-state index in [0.717, 1.165) is 30.8 Å². The van der Waals surface area contributed by atoms with E-state index in [1.54, 1.807) is 0 Å². The summed E-state index contributed by atoms with van der Waals surface area (Å²) < 4.78 is 0. The molecule has 1 unspecified atom stereocenters. The first-order valence-corrected chi connectivity index (χ1v) is 7.94. The van der Waals surface area contributed by atoms with Crippen molar-refractivity contribution < 1.29 is 0 Å². The molecule has 1 aromatic heterocycles. The van der Waals surface area contributed by atoms with Gasteiger partial charge in [0.05, 0.1) is 0 Å². The lowest BCUT2D eigenvalue weighted by Gasteiger charge is -2.19. The normalized spacial score (nSPS) is 12.3. The van der Waals surface area contributed by atoms with Crippen molar-refractivity contribution in [3.63, 3.8) is 0 Å². The van der Waals surface area contributed by atoms with Crippen molar-refractivity contribution in [2.24, 2.45) is 0 Å². The SMILES string of the molecule is CCCNC(Cc1cccnc1)Cc1ccc(C)cc1Cl. The molecule has 0 saturated heterocycles. The Balaban J connectivity index is 2.08. The molecule has 0 radical (unpaired) electrons. The standard InChI is InChI=1S/C18H23ClN2/c1-3-8-21-17(11-15-5-4-9-20-13-15)12-16-7-6-14(2)10-18(16)19/h4-7,9-10,13,17,21H,3,8,11-12H2,1-2H3. The lowest BCUT2D eigenvalue weighted by atomic mass is 9.99. The lowest BCUT2D eigenvalue weighted by molar-refractivity contribution is 0.504.